The van der Waals surface area contributed by atoms with Gasteiger partial charge in [-0.25, -0.2) is 13.4 Å². The third-order valence-corrected chi connectivity index (χ3v) is 11.8. The molecule has 8 rings (SSSR count). The molecular weight excluding hydrogens is 607 g/mol. The highest BCUT2D eigenvalue weighted by Crippen LogP contribution is 2.56. The lowest BCUT2D eigenvalue weighted by Gasteiger charge is -2.43. The van der Waals surface area contributed by atoms with Crippen LogP contribution < -0.4 is 9.80 Å². The van der Waals surface area contributed by atoms with E-state index in [1.807, 2.05) is 13.0 Å². The Balaban J connectivity index is 1.30. The van der Waals surface area contributed by atoms with Crippen LogP contribution in [0.5, 0.6) is 0 Å². The molecule has 46 heavy (non-hydrogen) atoms. The first-order chi connectivity index (χ1) is 22.2. The fourth-order valence-electron chi connectivity index (χ4n) is 6.71. The Kier molecular flexibility index (Phi) is 6.60. The van der Waals surface area contributed by atoms with E-state index in [0.717, 1.165) is 34.1 Å². The molecule has 0 N–H and O–H groups in total. The molecule has 0 bridgehead atoms. The van der Waals surface area contributed by atoms with Crippen LogP contribution >= 0.6 is 11.8 Å². The van der Waals surface area contributed by atoms with Crippen molar-refractivity contribution in [2.45, 2.75) is 45.9 Å². The fourth-order valence-corrected chi connectivity index (χ4v) is 9.03. The maximum absolute atomic E-state index is 13.4. The zero-order chi connectivity index (χ0) is 31.6. The number of para-hydroxylation sites is 3. The van der Waals surface area contributed by atoms with Crippen molar-refractivity contribution in [3.8, 4) is 0 Å². The second kappa shape index (κ2) is 10.6. The summed E-state index contributed by atoms with van der Waals surface area (Å²) >= 11 is 1.80. The van der Waals surface area contributed by atoms with E-state index in [2.05, 4.69) is 120 Å². The average Bonchev–Trinajstić information content (AvgIpc) is 3.08. The molecule has 2 aliphatic heterocycles. The van der Waals surface area contributed by atoms with Gasteiger partial charge in [-0.2, -0.15) is 0 Å². The lowest BCUT2D eigenvalue weighted by Crippen LogP contribution is -2.31. The quantitative estimate of drug-likeness (QED) is 0.191. The van der Waals surface area contributed by atoms with Gasteiger partial charge in [-0.05, 0) is 90.8 Å². The zero-order valence-electron chi connectivity index (χ0n) is 25.7. The maximum Gasteiger partial charge on any atom is 0.223 e. The Morgan fingerprint density at radius 3 is 1.83 bits per heavy atom. The Labute approximate surface area is 274 Å². The summed E-state index contributed by atoms with van der Waals surface area (Å²) in [5.41, 5.74) is 9.05. The SMILES string of the molecule is Cc1nc(S(=O)(=O)c2ccccc2)ccc1N1c2ccccc2C(C)(C)c2cc(N3c4ccccc4Sc4ccccc43)ccc21. The van der Waals surface area contributed by atoms with Crippen molar-refractivity contribution >= 4 is 55.7 Å². The van der Waals surface area contributed by atoms with Crippen LogP contribution in [0.2, 0.25) is 0 Å². The summed E-state index contributed by atoms with van der Waals surface area (Å²) in [6.45, 7) is 6.44. The first-order valence-corrected chi connectivity index (χ1v) is 17.5. The number of benzene rings is 5. The predicted molar refractivity (Wildman–Crippen MR) is 186 cm³/mol. The van der Waals surface area contributed by atoms with Gasteiger partial charge in [0.05, 0.1) is 39.0 Å². The summed E-state index contributed by atoms with van der Waals surface area (Å²) in [6, 6.07) is 44.3. The molecule has 0 radical (unpaired) electrons. The van der Waals surface area contributed by atoms with Gasteiger partial charge < -0.3 is 9.80 Å². The Hall–Kier alpha value is -4.85. The molecule has 0 spiro atoms. The van der Waals surface area contributed by atoms with Crippen LogP contribution in [0.15, 0.2) is 153 Å². The number of pyridine rings is 1. The van der Waals surface area contributed by atoms with Crippen LogP contribution in [0, 0.1) is 6.92 Å². The van der Waals surface area contributed by atoms with Gasteiger partial charge in [-0.3, -0.25) is 0 Å². The molecule has 3 heterocycles. The van der Waals surface area contributed by atoms with E-state index in [1.54, 1.807) is 48.2 Å². The normalized spacial score (nSPS) is 14.6. The van der Waals surface area contributed by atoms with Crippen molar-refractivity contribution in [3.63, 3.8) is 0 Å². The maximum atomic E-state index is 13.4. The Morgan fingerprint density at radius 2 is 1.15 bits per heavy atom. The molecule has 0 unspecified atom stereocenters. The number of nitrogens with zero attached hydrogens (tertiary/aromatic N) is 3. The number of sulfone groups is 1. The molecule has 0 amide bonds. The van der Waals surface area contributed by atoms with Crippen LogP contribution in [0.25, 0.3) is 0 Å². The van der Waals surface area contributed by atoms with E-state index in [1.165, 1.54) is 20.9 Å². The van der Waals surface area contributed by atoms with Crippen molar-refractivity contribution in [1.82, 2.24) is 4.98 Å². The van der Waals surface area contributed by atoms with Gasteiger partial charge in [0.2, 0.25) is 9.84 Å². The van der Waals surface area contributed by atoms with Crippen molar-refractivity contribution in [2.24, 2.45) is 0 Å². The van der Waals surface area contributed by atoms with Crippen molar-refractivity contribution < 1.29 is 8.42 Å². The first kappa shape index (κ1) is 28.6. The van der Waals surface area contributed by atoms with E-state index < -0.39 is 9.84 Å². The van der Waals surface area contributed by atoms with Gasteiger partial charge in [-0.15, -0.1) is 0 Å². The zero-order valence-corrected chi connectivity index (χ0v) is 27.3. The standard InChI is InChI=1S/C39H31N3O2S2/c1-26-31(23-24-38(40-26)46(43,44)28-13-5-4-6-14-28)42-32-16-8-7-15-29(32)39(2,3)30-25-27(21-22-33(30)42)41-34-17-9-11-19-36(34)45-37-20-12-10-18-35(37)41/h4-25H,1-3H3. The second-order valence-electron chi connectivity index (χ2n) is 12.1. The van der Waals surface area contributed by atoms with E-state index in [9.17, 15) is 8.42 Å². The molecule has 226 valence electrons. The third kappa shape index (κ3) is 4.37. The molecule has 5 nitrogen and oxygen atoms in total. The highest BCUT2D eigenvalue weighted by molar-refractivity contribution is 7.99. The van der Waals surface area contributed by atoms with E-state index in [-0.39, 0.29) is 15.3 Å². The number of aromatic nitrogens is 1. The van der Waals surface area contributed by atoms with E-state index in [0.29, 0.717) is 5.69 Å². The summed E-state index contributed by atoms with van der Waals surface area (Å²) in [6.07, 6.45) is 0. The van der Waals surface area contributed by atoms with Crippen LogP contribution in [-0.2, 0) is 15.3 Å². The van der Waals surface area contributed by atoms with Gasteiger partial charge in [0.1, 0.15) is 0 Å². The van der Waals surface area contributed by atoms with E-state index >= 15 is 0 Å². The van der Waals surface area contributed by atoms with Gasteiger partial charge in [0.15, 0.2) is 5.03 Å². The molecular formula is C39H31N3O2S2. The van der Waals surface area contributed by atoms with Crippen LogP contribution in [0.4, 0.5) is 34.1 Å². The predicted octanol–water partition coefficient (Wildman–Crippen LogP) is 10.3. The molecule has 5 aromatic carbocycles. The number of hydrogen-bond acceptors (Lipinski definition) is 6. The smallest absolute Gasteiger partial charge is 0.223 e. The number of fused-ring (bicyclic) bond motifs is 4. The van der Waals surface area contributed by atoms with Gasteiger partial charge in [-0.1, -0.05) is 86.3 Å². The molecule has 1 aromatic heterocycles. The minimum Gasteiger partial charge on any atom is -0.308 e. The average molecular weight is 638 g/mol. The molecule has 6 aromatic rings. The highest BCUT2D eigenvalue weighted by Gasteiger charge is 2.38. The Bertz CT molecular complexity index is 2220. The largest absolute Gasteiger partial charge is 0.308 e. The van der Waals surface area contributed by atoms with Crippen molar-refractivity contribution in [1.29, 1.82) is 0 Å². The molecule has 0 fully saturated rings. The summed E-state index contributed by atoms with van der Waals surface area (Å²) < 4.78 is 26.9. The number of rotatable bonds is 4. The Morgan fingerprint density at radius 1 is 0.587 bits per heavy atom. The van der Waals surface area contributed by atoms with E-state index in [4.69, 9.17) is 0 Å². The van der Waals surface area contributed by atoms with Crippen molar-refractivity contribution in [2.75, 3.05) is 9.80 Å². The van der Waals surface area contributed by atoms with Gasteiger partial charge in [0, 0.05) is 20.9 Å². The minimum atomic E-state index is -3.75. The molecule has 0 saturated heterocycles. The van der Waals surface area contributed by atoms with Gasteiger partial charge >= 0.3 is 0 Å². The van der Waals surface area contributed by atoms with Gasteiger partial charge in [0.25, 0.3) is 0 Å². The lowest BCUT2D eigenvalue weighted by atomic mass is 9.73. The first-order valence-electron chi connectivity index (χ1n) is 15.2. The summed E-state index contributed by atoms with van der Waals surface area (Å²) in [4.78, 5) is 11.9. The molecule has 7 heteroatoms. The summed E-state index contributed by atoms with van der Waals surface area (Å²) in [7, 11) is -3.75. The van der Waals surface area contributed by atoms with Crippen LogP contribution in [0.3, 0.4) is 0 Å². The number of hydrogen-bond donors (Lipinski definition) is 0. The lowest BCUT2D eigenvalue weighted by molar-refractivity contribution is 0.592. The fraction of sp³-hybridized carbons (Fsp3) is 0.103. The summed E-state index contributed by atoms with van der Waals surface area (Å²) in [5.74, 6) is 0. The highest BCUT2D eigenvalue weighted by atomic mass is 32.2. The summed E-state index contributed by atoms with van der Waals surface area (Å²) in [5, 5.41) is 0.0430. The topological polar surface area (TPSA) is 53.5 Å². The monoisotopic (exact) mass is 637 g/mol. The number of aryl methyl sites for hydroxylation is 1. The molecule has 0 saturated carbocycles. The van der Waals surface area contributed by atoms with Crippen LogP contribution in [-0.4, -0.2) is 13.4 Å². The molecule has 0 aliphatic carbocycles. The van der Waals surface area contributed by atoms with Crippen molar-refractivity contribution in [3.05, 3.63) is 150 Å². The van der Waals surface area contributed by atoms with Crippen LogP contribution in [0.1, 0.15) is 30.7 Å². The number of anilines is 6. The third-order valence-electron chi connectivity index (χ3n) is 9.01. The molecule has 0 atom stereocenters. The minimum absolute atomic E-state index is 0.0430. The molecule has 2 aliphatic rings. The second-order valence-corrected chi connectivity index (χ2v) is 15.1.